The third kappa shape index (κ3) is 5.72. The number of hydrogen-bond acceptors (Lipinski definition) is 7. The van der Waals surface area contributed by atoms with E-state index < -0.39 is 59.6 Å². The van der Waals surface area contributed by atoms with Crippen molar-refractivity contribution in [1.29, 1.82) is 0 Å². The zero-order valence-corrected chi connectivity index (χ0v) is 29.1. The number of benzene rings is 1. The van der Waals surface area contributed by atoms with Crippen LogP contribution in [-0.4, -0.2) is 99.6 Å². The summed E-state index contributed by atoms with van der Waals surface area (Å²) in [5.41, 5.74) is -0.723. The van der Waals surface area contributed by atoms with Gasteiger partial charge in [0, 0.05) is 30.5 Å². The molecule has 2 saturated heterocycles. The van der Waals surface area contributed by atoms with E-state index in [1.54, 1.807) is 22.9 Å². The maximum absolute atomic E-state index is 14.7. The summed E-state index contributed by atoms with van der Waals surface area (Å²) < 4.78 is 13.5. The Kier molecular flexibility index (Phi) is 10.2. The lowest BCUT2D eigenvalue weighted by Crippen LogP contribution is -2.60. The molecule has 0 saturated carbocycles. The molecule has 2 fully saturated rings. The zero-order valence-electron chi connectivity index (χ0n) is 27.5. The van der Waals surface area contributed by atoms with Gasteiger partial charge in [-0.1, -0.05) is 78.7 Å². The molecule has 1 aromatic carbocycles. The van der Waals surface area contributed by atoms with Crippen molar-refractivity contribution in [1.82, 2.24) is 14.7 Å². The number of carbonyl (C=O) groups is 4. The molecule has 5 rings (SSSR count). The van der Waals surface area contributed by atoms with Gasteiger partial charge in [0.15, 0.2) is 0 Å². The van der Waals surface area contributed by atoms with Gasteiger partial charge >= 0.3 is 5.97 Å². The minimum Gasteiger partial charge on any atom is -0.455 e. The number of nitrogens with zero attached hydrogens (tertiary/aromatic N) is 3. The highest BCUT2D eigenvalue weighted by atomic mass is 79.9. The number of ether oxygens (including phenoxy) is 2. The number of amides is 3. The van der Waals surface area contributed by atoms with E-state index in [2.05, 4.69) is 15.9 Å². The Labute approximate surface area is 279 Å². The summed E-state index contributed by atoms with van der Waals surface area (Å²) in [6.45, 7) is 9.51. The fourth-order valence-electron chi connectivity index (χ4n) is 7.50. The summed E-state index contributed by atoms with van der Waals surface area (Å²) in [7, 11) is 1.70. The van der Waals surface area contributed by atoms with Crippen molar-refractivity contribution in [3.05, 3.63) is 58.6 Å². The number of likely N-dealkylation sites (N-methyl/N-ethyl adjacent to an activating group) is 1. The van der Waals surface area contributed by atoms with E-state index >= 15 is 0 Å². The topological polar surface area (TPSA) is 117 Å². The van der Waals surface area contributed by atoms with Crippen molar-refractivity contribution in [2.75, 3.05) is 20.2 Å². The molecular weight excluding hydrogens is 654 g/mol. The summed E-state index contributed by atoms with van der Waals surface area (Å²) in [5, 5.41) is 10.7. The van der Waals surface area contributed by atoms with E-state index in [-0.39, 0.29) is 43.3 Å². The number of fused-ring (bicyclic) bond motifs is 2. The van der Waals surface area contributed by atoms with E-state index in [1.807, 2.05) is 77.1 Å². The molecule has 0 aromatic heterocycles. The van der Waals surface area contributed by atoms with Crippen molar-refractivity contribution in [3.63, 3.8) is 0 Å². The Hall–Kier alpha value is -3.02. The lowest BCUT2D eigenvalue weighted by molar-refractivity contribution is -0.164. The number of allylic oxidation sites excluding steroid dienone is 1. The van der Waals surface area contributed by atoms with Crippen LogP contribution in [0, 0.1) is 17.8 Å². The molecule has 1 spiro atoms. The minimum absolute atomic E-state index is 0.104. The molecule has 0 radical (unpaired) electrons. The van der Waals surface area contributed by atoms with Crippen LogP contribution in [0.5, 0.6) is 0 Å². The summed E-state index contributed by atoms with van der Waals surface area (Å²) >= 11 is 3.61. The van der Waals surface area contributed by atoms with Gasteiger partial charge in [-0.15, -0.1) is 0 Å². The number of rotatable bonds is 6. The quantitative estimate of drug-likeness (QED) is 0.353. The normalized spacial score (nSPS) is 34.1. The van der Waals surface area contributed by atoms with Crippen LogP contribution >= 0.6 is 15.9 Å². The third-order valence-corrected chi connectivity index (χ3v) is 11.1. The summed E-state index contributed by atoms with van der Waals surface area (Å²) in [4.78, 5) is 61.9. The molecule has 11 heteroatoms. The van der Waals surface area contributed by atoms with Crippen LogP contribution in [0.1, 0.15) is 65.5 Å². The van der Waals surface area contributed by atoms with Crippen LogP contribution in [0.4, 0.5) is 0 Å². The maximum atomic E-state index is 14.7. The van der Waals surface area contributed by atoms with Crippen LogP contribution < -0.4 is 0 Å². The highest BCUT2D eigenvalue weighted by molar-refractivity contribution is 9.11. The number of likely N-dealkylation sites (tertiary alicyclic amines) is 1. The predicted octanol–water partition coefficient (Wildman–Crippen LogP) is 3.99. The van der Waals surface area contributed by atoms with Gasteiger partial charge in [0.25, 0.3) is 0 Å². The monoisotopic (exact) mass is 699 g/mol. The second-order valence-electron chi connectivity index (χ2n) is 13.3. The Morgan fingerprint density at radius 1 is 1.04 bits per heavy atom. The molecule has 3 amide bonds. The first-order valence-electron chi connectivity index (χ1n) is 16.3. The van der Waals surface area contributed by atoms with Gasteiger partial charge < -0.3 is 29.3 Å². The summed E-state index contributed by atoms with van der Waals surface area (Å²) in [6, 6.07) is 6.75. The van der Waals surface area contributed by atoms with Crippen molar-refractivity contribution in [2.45, 2.75) is 95.9 Å². The first-order chi connectivity index (χ1) is 21.9. The second-order valence-corrected chi connectivity index (χ2v) is 14.2. The van der Waals surface area contributed by atoms with Crippen molar-refractivity contribution >= 4 is 39.6 Å². The molecule has 9 atom stereocenters. The van der Waals surface area contributed by atoms with Crippen LogP contribution in [0.2, 0.25) is 0 Å². The Morgan fingerprint density at radius 2 is 1.74 bits per heavy atom. The van der Waals surface area contributed by atoms with Crippen LogP contribution in [0.25, 0.3) is 0 Å². The number of halogens is 1. The first-order valence-corrected chi connectivity index (χ1v) is 17.1. The van der Waals surface area contributed by atoms with Gasteiger partial charge in [-0.05, 0) is 44.7 Å². The zero-order chi connectivity index (χ0) is 33.5. The van der Waals surface area contributed by atoms with E-state index in [9.17, 15) is 24.3 Å². The largest absolute Gasteiger partial charge is 0.455 e. The van der Waals surface area contributed by atoms with Gasteiger partial charge in [0.1, 0.15) is 29.8 Å². The number of cyclic esters (lactones) is 1. The highest BCUT2D eigenvalue weighted by Gasteiger charge is 2.75. The van der Waals surface area contributed by atoms with Crippen molar-refractivity contribution in [2.24, 2.45) is 17.8 Å². The average molecular weight is 701 g/mol. The maximum Gasteiger partial charge on any atom is 0.313 e. The second kappa shape index (κ2) is 13.6. The van der Waals surface area contributed by atoms with Gasteiger partial charge in [-0.25, -0.2) is 0 Å². The molecule has 1 N–H and O–H groups in total. The van der Waals surface area contributed by atoms with Crippen LogP contribution in [-0.2, 0) is 28.7 Å². The van der Waals surface area contributed by atoms with Crippen LogP contribution in [0.3, 0.4) is 0 Å². The SMILES string of the molecule is CC[C@H](C)[C@H](CO)N1C(=O)[C@H]2[C@@H]3C(=O)O[C@H](c4ccccc4)[C@@H](C)N(C)C(=O)CC/C=C\CN(C(C)C)C(=O)[C@H]1[C@@]21C=C(Br)[C@@H]3O1. The van der Waals surface area contributed by atoms with Crippen molar-refractivity contribution in [3.8, 4) is 0 Å². The minimum atomic E-state index is -1.44. The number of aliphatic hydroxyl groups is 1. The molecule has 4 aliphatic heterocycles. The Balaban J connectivity index is 1.67. The number of aliphatic hydroxyl groups excluding tert-OH is 1. The van der Waals surface area contributed by atoms with E-state index in [0.717, 1.165) is 0 Å². The molecule has 5 bridgehead atoms. The number of esters is 1. The van der Waals surface area contributed by atoms with E-state index in [1.165, 1.54) is 4.90 Å². The standard InChI is InChI=1S/C35H46BrN3O7/c1-7-21(4)25(19-40)39-31-33(43)38(20(2)3)17-13-9-12-16-26(41)37(6)22(5)29(23-14-10-8-11-15-23)45-34(44)27-28(32(39)42)35(31)18-24(36)30(27)46-35/h8-11,13-15,18,20-22,25,27-31,40H,7,12,16-17,19H2,1-6H3/b13-9-/t21-,22+,25-,27-,28+,29-,30-,31-,35+/m0/s1. The van der Waals surface area contributed by atoms with Gasteiger partial charge in [0.05, 0.1) is 24.6 Å². The Morgan fingerprint density at radius 3 is 2.37 bits per heavy atom. The molecule has 4 heterocycles. The van der Waals surface area contributed by atoms with Crippen molar-refractivity contribution < 1.29 is 33.8 Å². The molecule has 4 aliphatic rings. The molecule has 1 aromatic rings. The smallest absolute Gasteiger partial charge is 0.313 e. The summed E-state index contributed by atoms with van der Waals surface area (Å²) in [5.74, 6) is -3.68. The molecule has 0 unspecified atom stereocenters. The fraction of sp³-hybridized carbons (Fsp3) is 0.600. The lowest BCUT2D eigenvalue weighted by atomic mass is 9.74. The number of hydrogen-bond donors (Lipinski definition) is 1. The highest BCUT2D eigenvalue weighted by Crippen LogP contribution is 2.59. The lowest BCUT2D eigenvalue weighted by Gasteiger charge is -2.41. The third-order valence-electron chi connectivity index (χ3n) is 10.4. The molecule has 10 nitrogen and oxygen atoms in total. The van der Waals surface area contributed by atoms with Crippen LogP contribution in [0.15, 0.2) is 53.0 Å². The molecule has 46 heavy (non-hydrogen) atoms. The number of carbonyl (C=O) groups excluding carboxylic acids is 4. The molecule has 250 valence electrons. The first kappa shape index (κ1) is 34.3. The summed E-state index contributed by atoms with van der Waals surface area (Å²) in [6.07, 6.45) is 5.29. The fourth-order valence-corrected chi connectivity index (χ4v) is 8.24. The Bertz CT molecular complexity index is 1400. The van der Waals surface area contributed by atoms with E-state index in [4.69, 9.17) is 9.47 Å². The van der Waals surface area contributed by atoms with E-state index in [0.29, 0.717) is 22.9 Å². The predicted molar refractivity (Wildman–Crippen MR) is 175 cm³/mol. The van der Waals surface area contributed by atoms with Gasteiger partial charge in [-0.3, -0.25) is 19.2 Å². The molecular formula is C35H46BrN3O7. The van der Waals surface area contributed by atoms with Gasteiger partial charge in [0.2, 0.25) is 17.7 Å². The molecule has 0 aliphatic carbocycles. The van der Waals surface area contributed by atoms with Gasteiger partial charge in [-0.2, -0.15) is 0 Å². The average Bonchev–Trinajstić information content (AvgIpc) is 3.63.